The molecule has 0 heterocycles. The van der Waals surface area contributed by atoms with Crippen LogP contribution in [0.15, 0.2) is 164 Å². The molecule has 0 aromatic heterocycles. The van der Waals surface area contributed by atoms with Crippen LogP contribution >= 0.6 is 0 Å². The second-order valence-electron chi connectivity index (χ2n) is 15.4. The number of fused-ring (bicyclic) bond motifs is 6. The van der Waals surface area contributed by atoms with Crippen molar-refractivity contribution in [2.45, 2.75) is 38.5 Å². The zero-order valence-corrected chi connectivity index (χ0v) is 29.5. The van der Waals surface area contributed by atoms with Crippen molar-refractivity contribution in [2.75, 3.05) is 4.90 Å². The third kappa shape index (κ3) is 4.22. The lowest BCUT2D eigenvalue weighted by Gasteiger charge is -2.47. The molecule has 10 rings (SSSR count). The molecule has 0 N–H and O–H groups in total. The van der Waals surface area contributed by atoms with E-state index in [1.165, 1.54) is 76.1 Å². The first-order valence-electron chi connectivity index (χ1n) is 18.1. The fourth-order valence-corrected chi connectivity index (χ4v) is 9.04. The lowest BCUT2D eigenvalue weighted by atomic mass is 9.56. The van der Waals surface area contributed by atoms with Gasteiger partial charge in [0.2, 0.25) is 0 Å². The summed E-state index contributed by atoms with van der Waals surface area (Å²) < 4.78 is 0. The Morgan fingerprint density at radius 3 is 1.67 bits per heavy atom. The fraction of sp³-hybridized carbons (Fsp3) is 0.120. The van der Waals surface area contributed by atoms with Gasteiger partial charge in [-0.3, -0.25) is 0 Å². The molecule has 51 heavy (non-hydrogen) atoms. The number of nitrogens with zero attached hydrogens (tertiary/aromatic N) is 1. The van der Waals surface area contributed by atoms with E-state index in [0.717, 1.165) is 17.1 Å². The summed E-state index contributed by atoms with van der Waals surface area (Å²) in [5, 5.41) is 13.1. The van der Waals surface area contributed by atoms with Crippen LogP contribution < -0.4 is 4.90 Å². The summed E-state index contributed by atoms with van der Waals surface area (Å²) in [6.07, 6.45) is 0. The molecule has 0 spiro atoms. The molecule has 0 radical (unpaired) electrons. The lowest BCUT2D eigenvalue weighted by molar-refractivity contribution is 0.304. The van der Waals surface area contributed by atoms with Gasteiger partial charge in [-0.05, 0) is 124 Å². The molecule has 0 saturated heterocycles. The van der Waals surface area contributed by atoms with Crippen LogP contribution in [0, 0.1) is 0 Å². The standard InChI is InChI=1S/C50H39N/c1-49(2)44-23-14-15-32-25-26-33-29-34(30-45(50(49,3)4)48(33)47(32)44)37-18-12-13-24-46(37)51(35-16-6-5-7-17-35)36-27-28-42-40-21-9-8-19-38(40)39-20-10-11-22-41(39)43(42)31-36/h5-31H,1-4H3. The van der Waals surface area contributed by atoms with Crippen molar-refractivity contribution in [1.82, 2.24) is 0 Å². The Balaban J connectivity index is 1.24. The molecule has 1 aliphatic rings. The van der Waals surface area contributed by atoms with Crippen molar-refractivity contribution in [1.29, 1.82) is 0 Å². The minimum absolute atomic E-state index is 0.0416. The number of hydrogen-bond acceptors (Lipinski definition) is 1. The molecular formula is C50H39N. The van der Waals surface area contributed by atoms with Crippen LogP contribution in [-0.2, 0) is 10.8 Å². The molecule has 1 heteroatoms. The highest BCUT2D eigenvalue weighted by molar-refractivity contribution is 6.26. The van der Waals surface area contributed by atoms with E-state index in [1.807, 2.05) is 0 Å². The Morgan fingerprint density at radius 1 is 0.373 bits per heavy atom. The summed E-state index contributed by atoms with van der Waals surface area (Å²) in [4.78, 5) is 2.45. The Labute approximate surface area is 299 Å². The molecule has 0 atom stereocenters. The van der Waals surface area contributed by atoms with Gasteiger partial charge in [0.1, 0.15) is 0 Å². The third-order valence-corrected chi connectivity index (χ3v) is 12.3. The van der Waals surface area contributed by atoms with Gasteiger partial charge >= 0.3 is 0 Å². The normalized spacial score (nSPS) is 14.6. The van der Waals surface area contributed by atoms with Crippen LogP contribution in [0.2, 0.25) is 0 Å². The van der Waals surface area contributed by atoms with Crippen LogP contribution in [0.4, 0.5) is 17.1 Å². The van der Waals surface area contributed by atoms with Gasteiger partial charge < -0.3 is 4.90 Å². The van der Waals surface area contributed by atoms with E-state index >= 15 is 0 Å². The fourth-order valence-electron chi connectivity index (χ4n) is 9.04. The zero-order chi connectivity index (χ0) is 34.5. The Morgan fingerprint density at radius 2 is 0.941 bits per heavy atom. The van der Waals surface area contributed by atoms with Crippen molar-refractivity contribution in [2.24, 2.45) is 0 Å². The molecule has 0 unspecified atom stereocenters. The summed E-state index contributed by atoms with van der Waals surface area (Å²) in [5.41, 5.74) is 8.64. The summed E-state index contributed by atoms with van der Waals surface area (Å²) in [6, 6.07) is 60.9. The van der Waals surface area contributed by atoms with Crippen molar-refractivity contribution in [3.8, 4) is 11.1 Å². The minimum Gasteiger partial charge on any atom is -0.310 e. The quantitative estimate of drug-likeness (QED) is 0.171. The van der Waals surface area contributed by atoms with Crippen LogP contribution in [-0.4, -0.2) is 0 Å². The van der Waals surface area contributed by atoms with Gasteiger partial charge in [0.05, 0.1) is 5.69 Å². The molecule has 1 nitrogen and oxygen atoms in total. The maximum atomic E-state index is 2.50. The average Bonchev–Trinajstić information content (AvgIpc) is 3.17. The number of para-hydroxylation sites is 2. The summed E-state index contributed by atoms with van der Waals surface area (Å²) >= 11 is 0. The minimum atomic E-state index is -0.0832. The molecule has 0 fully saturated rings. The second-order valence-corrected chi connectivity index (χ2v) is 15.4. The molecule has 244 valence electrons. The highest BCUT2D eigenvalue weighted by Crippen LogP contribution is 2.55. The van der Waals surface area contributed by atoms with Crippen LogP contribution in [0.3, 0.4) is 0 Å². The number of hydrogen-bond donors (Lipinski definition) is 0. The SMILES string of the molecule is CC1(C)c2cccc3ccc4cc(-c5ccccc5N(c5ccccc5)c5ccc6c7ccccc7c7ccccc7c6c5)cc(c4c23)C1(C)C. The van der Waals surface area contributed by atoms with E-state index in [-0.39, 0.29) is 10.8 Å². The molecule has 9 aromatic rings. The highest BCUT2D eigenvalue weighted by atomic mass is 15.1. The highest BCUT2D eigenvalue weighted by Gasteiger charge is 2.45. The van der Waals surface area contributed by atoms with E-state index in [0.29, 0.717) is 0 Å². The second kappa shape index (κ2) is 10.8. The number of rotatable bonds is 4. The van der Waals surface area contributed by atoms with Crippen molar-refractivity contribution in [3.05, 3.63) is 175 Å². The van der Waals surface area contributed by atoms with Crippen LogP contribution in [0.1, 0.15) is 38.8 Å². The predicted molar refractivity (Wildman–Crippen MR) is 220 cm³/mol. The maximum absolute atomic E-state index is 2.50. The molecular weight excluding hydrogens is 615 g/mol. The smallest absolute Gasteiger partial charge is 0.0540 e. The van der Waals surface area contributed by atoms with Crippen molar-refractivity contribution >= 4 is 70.9 Å². The first kappa shape index (κ1) is 29.9. The van der Waals surface area contributed by atoms with E-state index < -0.39 is 0 Å². The van der Waals surface area contributed by atoms with Gasteiger partial charge in [-0.25, -0.2) is 0 Å². The van der Waals surface area contributed by atoms with Gasteiger partial charge in [0.25, 0.3) is 0 Å². The molecule has 0 aliphatic heterocycles. The first-order chi connectivity index (χ1) is 24.8. The van der Waals surface area contributed by atoms with Gasteiger partial charge in [0, 0.05) is 16.9 Å². The Bertz CT molecular complexity index is 2820. The van der Waals surface area contributed by atoms with Gasteiger partial charge in [-0.15, -0.1) is 0 Å². The van der Waals surface area contributed by atoms with Crippen molar-refractivity contribution in [3.63, 3.8) is 0 Å². The summed E-state index contributed by atoms with van der Waals surface area (Å²) in [7, 11) is 0. The first-order valence-corrected chi connectivity index (χ1v) is 18.1. The van der Waals surface area contributed by atoms with Crippen LogP contribution in [0.5, 0.6) is 0 Å². The maximum Gasteiger partial charge on any atom is 0.0540 e. The lowest BCUT2D eigenvalue weighted by Crippen LogP contribution is -2.42. The summed E-state index contributed by atoms with van der Waals surface area (Å²) in [5.74, 6) is 0. The van der Waals surface area contributed by atoms with Gasteiger partial charge in [0.15, 0.2) is 0 Å². The van der Waals surface area contributed by atoms with E-state index in [2.05, 4.69) is 196 Å². The van der Waals surface area contributed by atoms with E-state index in [9.17, 15) is 0 Å². The Kier molecular flexibility index (Phi) is 6.34. The molecule has 0 bridgehead atoms. The predicted octanol–water partition coefficient (Wildman–Crippen LogP) is 14.2. The monoisotopic (exact) mass is 653 g/mol. The number of anilines is 3. The van der Waals surface area contributed by atoms with E-state index in [1.54, 1.807) is 0 Å². The van der Waals surface area contributed by atoms with Crippen LogP contribution in [0.25, 0.3) is 65.0 Å². The third-order valence-electron chi connectivity index (χ3n) is 12.3. The largest absolute Gasteiger partial charge is 0.310 e. The Hall–Kier alpha value is -5.92. The molecule has 0 saturated carbocycles. The molecule has 9 aromatic carbocycles. The zero-order valence-electron chi connectivity index (χ0n) is 29.5. The van der Waals surface area contributed by atoms with E-state index in [4.69, 9.17) is 0 Å². The molecule has 0 amide bonds. The topological polar surface area (TPSA) is 3.24 Å². The summed E-state index contributed by atoms with van der Waals surface area (Å²) in [6.45, 7) is 9.72. The number of benzene rings is 9. The van der Waals surface area contributed by atoms with Gasteiger partial charge in [-0.1, -0.05) is 149 Å². The molecule has 1 aliphatic carbocycles. The van der Waals surface area contributed by atoms with Crippen molar-refractivity contribution < 1.29 is 0 Å². The van der Waals surface area contributed by atoms with Gasteiger partial charge in [-0.2, -0.15) is 0 Å². The average molecular weight is 654 g/mol.